The molecule has 0 fully saturated rings. The van der Waals surface area contributed by atoms with E-state index in [1.54, 1.807) is 18.3 Å². The van der Waals surface area contributed by atoms with Crippen LogP contribution in [0.15, 0.2) is 18.3 Å². The largest absolute Gasteiger partial charge is 0.390 e. The van der Waals surface area contributed by atoms with Gasteiger partial charge < -0.3 is 15.2 Å². The number of H-pyrrole nitrogens is 1. The molecule has 0 bridgehead atoms. The van der Waals surface area contributed by atoms with Gasteiger partial charge in [-0.1, -0.05) is 6.92 Å². The Morgan fingerprint density at radius 1 is 1.55 bits per heavy atom. The van der Waals surface area contributed by atoms with Crippen molar-refractivity contribution in [3.05, 3.63) is 24.0 Å². The van der Waals surface area contributed by atoms with E-state index in [4.69, 9.17) is 0 Å². The first-order valence-electron chi connectivity index (χ1n) is 3.75. The lowest BCUT2D eigenvalue weighted by Gasteiger charge is -2.13. The minimum absolute atomic E-state index is 0.556. The Kier molecular flexibility index (Phi) is 2.68. The predicted octanol–water partition coefficient (Wildman–Crippen LogP) is 0.819. The van der Waals surface area contributed by atoms with E-state index in [1.807, 2.05) is 6.92 Å². The summed E-state index contributed by atoms with van der Waals surface area (Å²) in [7, 11) is 0. The number of nitrogens with one attached hydrogen (secondary N) is 1. The predicted molar refractivity (Wildman–Crippen MR) is 42.1 cm³/mol. The summed E-state index contributed by atoms with van der Waals surface area (Å²) in [6, 6.07) is 3.55. The minimum Gasteiger partial charge on any atom is -0.390 e. The molecule has 1 rings (SSSR count). The first kappa shape index (κ1) is 8.30. The molecule has 0 aliphatic rings. The molecule has 0 saturated heterocycles. The second kappa shape index (κ2) is 3.55. The average molecular weight is 155 g/mol. The molecule has 0 aliphatic carbocycles. The summed E-state index contributed by atoms with van der Waals surface area (Å²) in [5.74, 6) is 0. The SMILES string of the molecule is CCC(O)C(O)c1ccc[nH]1. The van der Waals surface area contributed by atoms with Gasteiger partial charge in [0, 0.05) is 11.9 Å². The van der Waals surface area contributed by atoms with Crippen LogP contribution in [-0.2, 0) is 0 Å². The van der Waals surface area contributed by atoms with E-state index in [1.165, 1.54) is 0 Å². The molecule has 2 unspecified atom stereocenters. The van der Waals surface area contributed by atoms with Crippen LogP contribution in [0.25, 0.3) is 0 Å². The van der Waals surface area contributed by atoms with E-state index in [0.29, 0.717) is 12.1 Å². The van der Waals surface area contributed by atoms with Crippen LogP contribution in [0, 0.1) is 0 Å². The van der Waals surface area contributed by atoms with Gasteiger partial charge in [-0.15, -0.1) is 0 Å². The van der Waals surface area contributed by atoms with Crippen molar-refractivity contribution < 1.29 is 10.2 Å². The zero-order chi connectivity index (χ0) is 8.27. The van der Waals surface area contributed by atoms with Gasteiger partial charge in [0.2, 0.25) is 0 Å². The normalized spacial score (nSPS) is 16.3. The number of hydrogen-bond donors (Lipinski definition) is 3. The zero-order valence-corrected chi connectivity index (χ0v) is 6.49. The second-order valence-electron chi connectivity index (χ2n) is 2.55. The lowest BCUT2D eigenvalue weighted by Crippen LogP contribution is -2.16. The van der Waals surface area contributed by atoms with Crippen molar-refractivity contribution in [3.63, 3.8) is 0 Å². The second-order valence-corrected chi connectivity index (χ2v) is 2.55. The molecule has 0 amide bonds. The zero-order valence-electron chi connectivity index (χ0n) is 6.49. The van der Waals surface area contributed by atoms with E-state index < -0.39 is 12.2 Å². The van der Waals surface area contributed by atoms with Gasteiger partial charge in [0.1, 0.15) is 6.10 Å². The van der Waals surface area contributed by atoms with Crippen LogP contribution in [0.5, 0.6) is 0 Å². The van der Waals surface area contributed by atoms with Gasteiger partial charge in [-0.25, -0.2) is 0 Å². The quantitative estimate of drug-likeness (QED) is 0.605. The first-order chi connectivity index (χ1) is 5.25. The molecule has 3 heteroatoms. The standard InChI is InChI=1S/C8H13NO2/c1-2-7(10)8(11)6-4-3-5-9-6/h3-5,7-11H,2H2,1H3. The number of aliphatic hydroxyl groups is 2. The molecule has 0 spiro atoms. The molecule has 1 aromatic rings. The smallest absolute Gasteiger partial charge is 0.119 e. The Labute approximate surface area is 65.7 Å². The molecule has 0 aliphatic heterocycles. The van der Waals surface area contributed by atoms with Crippen LogP contribution < -0.4 is 0 Å². The Morgan fingerprint density at radius 2 is 2.27 bits per heavy atom. The summed E-state index contributed by atoms with van der Waals surface area (Å²) < 4.78 is 0. The van der Waals surface area contributed by atoms with Crippen LogP contribution in [0.4, 0.5) is 0 Å². The topological polar surface area (TPSA) is 56.2 Å². The van der Waals surface area contributed by atoms with Gasteiger partial charge in [0.15, 0.2) is 0 Å². The molecule has 0 saturated carbocycles. The summed E-state index contributed by atoms with van der Waals surface area (Å²) in [6.07, 6.45) is 0.824. The van der Waals surface area contributed by atoms with Gasteiger partial charge in [-0.05, 0) is 18.6 Å². The van der Waals surface area contributed by atoms with E-state index in [2.05, 4.69) is 4.98 Å². The van der Waals surface area contributed by atoms with Crippen molar-refractivity contribution >= 4 is 0 Å². The van der Waals surface area contributed by atoms with Gasteiger partial charge in [-0.3, -0.25) is 0 Å². The first-order valence-corrected chi connectivity index (χ1v) is 3.75. The van der Waals surface area contributed by atoms with Crippen molar-refractivity contribution in [2.24, 2.45) is 0 Å². The third-order valence-corrected chi connectivity index (χ3v) is 1.72. The lowest BCUT2D eigenvalue weighted by atomic mass is 10.1. The highest BCUT2D eigenvalue weighted by Crippen LogP contribution is 2.15. The third-order valence-electron chi connectivity index (χ3n) is 1.72. The number of hydrogen-bond acceptors (Lipinski definition) is 2. The maximum Gasteiger partial charge on any atom is 0.119 e. The highest BCUT2D eigenvalue weighted by Gasteiger charge is 2.16. The molecule has 2 atom stereocenters. The lowest BCUT2D eigenvalue weighted by molar-refractivity contribution is 0.0142. The molecular formula is C8H13NO2. The van der Waals surface area contributed by atoms with Crippen molar-refractivity contribution in [3.8, 4) is 0 Å². The summed E-state index contributed by atoms with van der Waals surface area (Å²) in [5, 5.41) is 18.6. The fourth-order valence-corrected chi connectivity index (χ4v) is 0.959. The van der Waals surface area contributed by atoms with Crippen molar-refractivity contribution in [2.45, 2.75) is 25.6 Å². The number of rotatable bonds is 3. The molecule has 0 aromatic carbocycles. The van der Waals surface area contributed by atoms with Crippen molar-refractivity contribution in [2.75, 3.05) is 0 Å². The summed E-state index contributed by atoms with van der Waals surface area (Å²) >= 11 is 0. The molecule has 62 valence electrons. The number of aromatic nitrogens is 1. The van der Waals surface area contributed by atoms with Crippen molar-refractivity contribution in [1.82, 2.24) is 4.98 Å². The molecule has 3 N–H and O–H groups in total. The molecule has 11 heavy (non-hydrogen) atoms. The highest BCUT2D eigenvalue weighted by molar-refractivity contribution is 5.08. The van der Waals surface area contributed by atoms with E-state index in [9.17, 15) is 10.2 Å². The minimum atomic E-state index is -0.782. The van der Waals surface area contributed by atoms with Crippen molar-refractivity contribution in [1.29, 1.82) is 0 Å². The third kappa shape index (κ3) is 1.82. The summed E-state index contributed by atoms with van der Waals surface area (Å²) in [5.41, 5.74) is 0.666. The van der Waals surface area contributed by atoms with Crippen LogP contribution in [0.3, 0.4) is 0 Å². The Hall–Kier alpha value is -0.800. The maximum absolute atomic E-state index is 9.40. The monoisotopic (exact) mass is 155 g/mol. The van der Waals surface area contributed by atoms with E-state index in [0.717, 1.165) is 0 Å². The van der Waals surface area contributed by atoms with Gasteiger partial charge in [0.05, 0.1) is 6.10 Å². The van der Waals surface area contributed by atoms with Crippen LogP contribution >= 0.6 is 0 Å². The summed E-state index contributed by atoms with van der Waals surface area (Å²) in [6.45, 7) is 1.83. The van der Waals surface area contributed by atoms with Gasteiger partial charge in [-0.2, -0.15) is 0 Å². The number of aromatic amines is 1. The Morgan fingerprint density at radius 3 is 2.73 bits per heavy atom. The molecule has 1 heterocycles. The summed E-state index contributed by atoms with van der Waals surface area (Å²) in [4.78, 5) is 2.84. The maximum atomic E-state index is 9.40. The molecule has 0 radical (unpaired) electrons. The number of aliphatic hydroxyl groups excluding tert-OH is 2. The Bertz CT molecular complexity index is 196. The van der Waals surface area contributed by atoms with Crippen LogP contribution in [0.1, 0.15) is 25.1 Å². The highest BCUT2D eigenvalue weighted by atomic mass is 16.3. The Balaban J connectivity index is 2.62. The molecular weight excluding hydrogens is 142 g/mol. The van der Waals surface area contributed by atoms with Crippen LogP contribution in [-0.4, -0.2) is 21.3 Å². The van der Waals surface area contributed by atoms with Crippen LogP contribution in [0.2, 0.25) is 0 Å². The fourth-order valence-electron chi connectivity index (χ4n) is 0.959. The molecule has 1 aromatic heterocycles. The van der Waals surface area contributed by atoms with Gasteiger partial charge in [0.25, 0.3) is 0 Å². The van der Waals surface area contributed by atoms with E-state index >= 15 is 0 Å². The molecule has 3 nitrogen and oxygen atoms in total. The van der Waals surface area contributed by atoms with E-state index in [-0.39, 0.29) is 0 Å². The fraction of sp³-hybridized carbons (Fsp3) is 0.500. The average Bonchev–Trinajstić information content (AvgIpc) is 2.53. The van der Waals surface area contributed by atoms with Gasteiger partial charge >= 0.3 is 0 Å².